The zero-order valence-electron chi connectivity index (χ0n) is 14.7. The number of nitrogens with zero attached hydrogens (tertiary/aromatic N) is 3. The van der Waals surface area contributed by atoms with Crippen LogP contribution >= 0.6 is 11.6 Å². The highest BCUT2D eigenvalue weighted by Gasteiger charge is 2.18. The van der Waals surface area contributed by atoms with Crippen molar-refractivity contribution in [2.24, 2.45) is 0 Å². The van der Waals surface area contributed by atoms with E-state index in [9.17, 15) is 9.18 Å². The van der Waals surface area contributed by atoms with E-state index >= 15 is 0 Å². The lowest BCUT2D eigenvalue weighted by molar-refractivity contribution is -0.121. The number of aromatic amines is 1. The number of H-pyrrole nitrogens is 1. The molecule has 0 aliphatic carbocycles. The van der Waals surface area contributed by atoms with Gasteiger partial charge in [-0.3, -0.25) is 4.79 Å². The smallest absolute Gasteiger partial charge is 0.242 e. The van der Waals surface area contributed by atoms with Gasteiger partial charge < -0.3 is 20.4 Å². The minimum absolute atomic E-state index is 0. The third-order valence-electron chi connectivity index (χ3n) is 3.83. The lowest BCUT2D eigenvalue weighted by Crippen LogP contribution is -2.39. The number of amides is 1. The summed E-state index contributed by atoms with van der Waals surface area (Å²) in [6.07, 6.45) is 4.25. The molecule has 0 aliphatic rings. The molecule has 0 unspecified atom stereocenters. The third kappa shape index (κ3) is 4.32. The van der Waals surface area contributed by atoms with E-state index in [0.29, 0.717) is 34.8 Å². The van der Waals surface area contributed by atoms with Crippen LogP contribution in [0.2, 0.25) is 5.02 Å². The molecule has 0 aromatic carbocycles. The Morgan fingerprint density at radius 2 is 2.26 bits per heavy atom. The first-order valence-electron chi connectivity index (χ1n) is 8.18. The van der Waals surface area contributed by atoms with Crippen LogP contribution in [0.3, 0.4) is 0 Å². The van der Waals surface area contributed by atoms with Crippen molar-refractivity contribution in [1.29, 1.82) is 0 Å². The van der Waals surface area contributed by atoms with E-state index in [4.69, 9.17) is 16.3 Å². The first-order valence-corrected chi connectivity index (χ1v) is 8.56. The van der Waals surface area contributed by atoms with Crippen LogP contribution < -0.4 is 10.6 Å². The molecule has 27 heavy (non-hydrogen) atoms. The Morgan fingerprint density at radius 1 is 1.44 bits per heavy atom. The summed E-state index contributed by atoms with van der Waals surface area (Å²) in [5, 5.41) is 6.62. The number of rotatable bonds is 7. The molecule has 0 saturated heterocycles. The molecule has 8 nitrogen and oxygen atoms in total. The Bertz CT molecular complexity index is 978. The summed E-state index contributed by atoms with van der Waals surface area (Å²) in [4.78, 5) is 27.5. The molecule has 3 rings (SSSR count). The number of pyridine rings is 1. The van der Waals surface area contributed by atoms with Crippen molar-refractivity contribution < 1.29 is 18.2 Å². The van der Waals surface area contributed by atoms with E-state index in [1.807, 2.05) is 0 Å². The topological polar surface area (TPSA) is 105 Å². The maximum atomic E-state index is 14.1. The molecule has 1 atom stereocenters. The van der Waals surface area contributed by atoms with Crippen molar-refractivity contribution >= 4 is 34.4 Å². The van der Waals surface area contributed by atoms with Crippen molar-refractivity contribution in [2.75, 3.05) is 25.6 Å². The zero-order valence-corrected chi connectivity index (χ0v) is 15.5. The van der Waals surface area contributed by atoms with Gasteiger partial charge in [0.1, 0.15) is 11.7 Å². The van der Waals surface area contributed by atoms with Gasteiger partial charge in [0.2, 0.25) is 5.91 Å². The molecule has 3 aromatic heterocycles. The van der Waals surface area contributed by atoms with Crippen LogP contribution in [-0.4, -0.2) is 52.1 Å². The van der Waals surface area contributed by atoms with Gasteiger partial charge in [0.25, 0.3) is 0 Å². The van der Waals surface area contributed by atoms with Gasteiger partial charge in [0.05, 0.1) is 17.8 Å². The fourth-order valence-electron chi connectivity index (χ4n) is 2.46. The molecular formula is C17H24ClFN6O2. The highest BCUT2D eigenvalue weighted by molar-refractivity contribution is 6.31. The van der Waals surface area contributed by atoms with Gasteiger partial charge in [-0.05, 0) is 13.0 Å². The number of aromatic nitrogens is 4. The van der Waals surface area contributed by atoms with Crippen LogP contribution in [-0.2, 0) is 9.53 Å². The fraction of sp³-hybridized carbons (Fsp3) is 0.294. The molecule has 10 heteroatoms. The molecule has 0 spiro atoms. The second-order valence-corrected chi connectivity index (χ2v) is 6.23. The van der Waals surface area contributed by atoms with Gasteiger partial charge in [-0.2, -0.15) is 0 Å². The largest absolute Gasteiger partial charge is 0.383 e. The molecule has 148 valence electrons. The number of hydrogen-bond donors (Lipinski definition) is 3. The average Bonchev–Trinajstić information content (AvgIpc) is 3.06. The number of nitrogens with one attached hydrogen (secondary N) is 3. The van der Waals surface area contributed by atoms with E-state index in [1.165, 1.54) is 6.20 Å². The summed E-state index contributed by atoms with van der Waals surface area (Å²) in [7, 11) is 1.54. The van der Waals surface area contributed by atoms with Crippen LogP contribution in [0.15, 0.2) is 24.7 Å². The number of fused-ring (bicyclic) bond motifs is 1. The van der Waals surface area contributed by atoms with E-state index in [2.05, 4.69) is 30.6 Å². The number of carbonyl (C=O) groups excluding carboxylic acids is 1. The lowest BCUT2D eigenvalue weighted by atomic mass is 10.2. The fourth-order valence-corrected chi connectivity index (χ4v) is 2.62. The van der Waals surface area contributed by atoms with Gasteiger partial charge in [0.15, 0.2) is 17.5 Å². The Kier molecular flexibility index (Phi) is 5.82. The zero-order chi connectivity index (χ0) is 19.4. The van der Waals surface area contributed by atoms with E-state index in [1.54, 1.807) is 26.3 Å². The predicted octanol–water partition coefficient (Wildman–Crippen LogP) is 3.11. The molecular weight excluding hydrogens is 375 g/mol. The van der Waals surface area contributed by atoms with Crippen LogP contribution in [0, 0.1) is 5.82 Å². The average molecular weight is 399 g/mol. The lowest BCUT2D eigenvalue weighted by Gasteiger charge is -2.15. The van der Waals surface area contributed by atoms with E-state index < -0.39 is 11.9 Å². The number of methoxy groups -OCH3 is 1. The standard InChI is InChI=1S/C17H18ClFN6O2.3H2/c1-9(17(26)20-3-4-27-2)24-16-13(19)8-23-15(25-16)12-7-22-14-11(12)5-10(18)6-21-14;;;/h5-9H,3-4H2,1-2H3,(H,20,26)(H,21,22)(H,23,24,25);3*1H/t9-;;;/m0.../s1. The van der Waals surface area contributed by atoms with Crippen LogP contribution in [0.25, 0.3) is 22.4 Å². The third-order valence-corrected chi connectivity index (χ3v) is 4.04. The number of hydrogen-bond acceptors (Lipinski definition) is 6. The molecule has 0 saturated carbocycles. The quantitative estimate of drug-likeness (QED) is 0.528. The summed E-state index contributed by atoms with van der Waals surface area (Å²) < 4.78 is 19.0. The Labute approximate surface area is 164 Å². The van der Waals surface area contributed by atoms with Crippen LogP contribution in [0.1, 0.15) is 11.2 Å². The highest BCUT2D eigenvalue weighted by Crippen LogP contribution is 2.28. The van der Waals surface area contributed by atoms with E-state index in [0.717, 1.165) is 6.20 Å². The highest BCUT2D eigenvalue weighted by atomic mass is 35.5. The maximum absolute atomic E-state index is 14.1. The van der Waals surface area contributed by atoms with Crippen molar-refractivity contribution in [3.63, 3.8) is 0 Å². The molecule has 0 bridgehead atoms. The Morgan fingerprint density at radius 3 is 3.04 bits per heavy atom. The normalized spacial score (nSPS) is 12.1. The van der Waals surface area contributed by atoms with Gasteiger partial charge in [-0.25, -0.2) is 19.3 Å². The number of carbonyl (C=O) groups is 1. The summed E-state index contributed by atoms with van der Waals surface area (Å²) in [5.41, 5.74) is 1.24. The second-order valence-electron chi connectivity index (χ2n) is 5.79. The van der Waals surface area contributed by atoms with Crippen molar-refractivity contribution in [1.82, 2.24) is 25.3 Å². The van der Waals surface area contributed by atoms with Crippen molar-refractivity contribution in [2.45, 2.75) is 13.0 Å². The number of anilines is 1. The Hall–Kier alpha value is -2.78. The summed E-state index contributed by atoms with van der Waals surface area (Å²) >= 11 is 6.00. The SMILES string of the molecule is COCCNC(=O)[C@H](C)Nc1nc(-c2c[nH]c3ncc(Cl)cc23)ncc1F.[HH].[HH].[HH]. The molecule has 3 aromatic rings. The molecule has 1 amide bonds. The molecule has 0 radical (unpaired) electrons. The summed E-state index contributed by atoms with van der Waals surface area (Å²) in [6, 6.07) is 1.03. The van der Waals surface area contributed by atoms with Crippen LogP contribution in [0.4, 0.5) is 10.2 Å². The molecule has 3 heterocycles. The number of ether oxygens (including phenoxy) is 1. The van der Waals surface area contributed by atoms with Crippen molar-refractivity contribution in [3.8, 4) is 11.4 Å². The first-order chi connectivity index (χ1) is 13.0. The predicted molar refractivity (Wildman–Crippen MR) is 106 cm³/mol. The molecule has 0 fully saturated rings. The molecule has 3 N–H and O–H groups in total. The Balaban J connectivity index is 0.00000280. The van der Waals surface area contributed by atoms with Crippen LogP contribution in [0.5, 0.6) is 0 Å². The van der Waals surface area contributed by atoms with Gasteiger partial charge in [0, 0.05) is 41.3 Å². The first kappa shape index (κ1) is 19.0. The van der Waals surface area contributed by atoms with Gasteiger partial charge in [-0.15, -0.1) is 0 Å². The van der Waals surface area contributed by atoms with Gasteiger partial charge >= 0.3 is 0 Å². The van der Waals surface area contributed by atoms with Crippen molar-refractivity contribution in [3.05, 3.63) is 35.5 Å². The minimum atomic E-state index is -0.696. The second kappa shape index (κ2) is 8.28. The summed E-state index contributed by atoms with van der Waals surface area (Å²) in [6.45, 7) is 2.36. The summed E-state index contributed by atoms with van der Waals surface area (Å²) in [5.74, 6) is -0.749. The van der Waals surface area contributed by atoms with Gasteiger partial charge in [-0.1, -0.05) is 11.6 Å². The monoisotopic (exact) mass is 398 g/mol. The number of halogens is 2. The maximum Gasteiger partial charge on any atom is 0.242 e. The molecule has 0 aliphatic heterocycles. The van der Waals surface area contributed by atoms with E-state index in [-0.39, 0.29) is 21.8 Å². The minimum Gasteiger partial charge on any atom is -0.383 e.